The number of anilines is 1. The second-order valence-corrected chi connectivity index (χ2v) is 12.6. The summed E-state index contributed by atoms with van der Waals surface area (Å²) in [7, 11) is 0. The molecule has 0 aromatic heterocycles. The Kier molecular flexibility index (Phi) is 14.7. The lowest BCUT2D eigenvalue weighted by molar-refractivity contribution is -0.141. The van der Waals surface area contributed by atoms with Crippen LogP contribution in [0.5, 0.6) is 5.75 Å². The maximum absolute atomic E-state index is 14.3. The van der Waals surface area contributed by atoms with E-state index in [9.17, 15) is 19.5 Å². The van der Waals surface area contributed by atoms with Crippen molar-refractivity contribution in [2.45, 2.75) is 97.2 Å². The minimum Gasteiger partial charge on any atom is -0.508 e. The molecule has 232 valence electrons. The molecule has 0 saturated carbocycles. The van der Waals surface area contributed by atoms with Crippen LogP contribution >= 0.6 is 11.8 Å². The molecule has 2 unspecified atom stereocenters. The highest BCUT2D eigenvalue weighted by molar-refractivity contribution is 7.98. The number of benzene rings is 2. The summed E-state index contributed by atoms with van der Waals surface area (Å²) in [5.74, 6) is -0.0113. The Morgan fingerprint density at radius 1 is 0.976 bits per heavy atom. The number of nitrogens with one attached hydrogen (secondary N) is 2. The molecular weight excluding hydrogens is 550 g/mol. The first-order valence-corrected chi connectivity index (χ1v) is 16.3. The van der Waals surface area contributed by atoms with Crippen LogP contribution in [0.15, 0.2) is 48.5 Å². The lowest BCUT2D eigenvalue weighted by Gasteiger charge is -2.34. The number of unbranched alkanes of at least 4 members (excludes halogenated alkanes) is 5. The topological polar surface area (TPSA) is 108 Å². The standard InChI is InChI=1S/C33H49N3O5S/c1-7-8-9-10-11-14-22-36(31(39)28(21-23-42-6)35-32(40)41-33(3,4)5)29(25-17-19-26(37)20-18-25)30(38)34-27-16-13-12-15-24(27)2/h12-13,15-20,28-29,37H,7-11,14,21-23H2,1-6H3,(H,34,38)(H,35,40). The molecule has 2 rings (SSSR count). The maximum Gasteiger partial charge on any atom is 0.408 e. The van der Waals surface area contributed by atoms with Crippen molar-refractivity contribution >= 4 is 35.4 Å². The lowest BCUT2D eigenvalue weighted by Crippen LogP contribution is -2.52. The van der Waals surface area contributed by atoms with Crippen molar-refractivity contribution in [1.29, 1.82) is 0 Å². The number of carbonyl (C=O) groups excluding carboxylic acids is 3. The summed E-state index contributed by atoms with van der Waals surface area (Å²) in [5.41, 5.74) is 1.40. The number of phenols is 1. The number of phenolic OH excluding ortho intramolecular Hbond substituents is 1. The van der Waals surface area contributed by atoms with Crippen molar-refractivity contribution in [1.82, 2.24) is 10.2 Å². The van der Waals surface area contributed by atoms with Crippen LogP contribution in [0.4, 0.5) is 10.5 Å². The van der Waals surface area contributed by atoms with Crippen LogP contribution in [0, 0.1) is 6.92 Å². The summed E-state index contributed by atoms with van der Waals surface area (Å²) < 4.78 is 5.48. The van der Waals surface area contributed by atoms with Gasteiger partial charge in [0, 0.05) is 12.2 Å². The van der Waals surface area contributed by atoms with Crippen molar-refractivity contribution in [3.63, 3.8) is 0 Å². The Labute approximate surface area is 256 Å². The number of thioether (sulfide) groups is 1. The molecule has 0 saturated heterocycles. The minimum atomic E-state index is -0.981. The number of ether oxygens (including phenoxy) is 1. The van der Waals surface area contributed by atoms with Crippen LogP contribution in [-0.2, 0) is 14.3 Å². The van der Waals surface area contributed by atoms with E-state index in [0.717, 1.165) is 37.7 Å². The third-order valence-corrected chi connectivity index (χ3v) is 7.45. The molecular formula is C33H49N3O5S. The quantitative estimate of drug-likeness (QED) is 0.176. The fourth-order valence-corrected chi connectivity index (χ4v) is 5.09. The molecule has 2 atom stereocenters. The third-order valence-electron chi connectivity index (χ3n) is 6.81. The summed E-state index contributed by atoms with van der Waals surface area (Å²) in [6.07, 6.45) is 7.74. The van der Waals surface area contributed by atoms with E-state index in [1.54, 1.807) is 49.6 Å². The van der Waals surface area contributed by atoms with Gasteiger partial charge in [0.2, 0.25) is 5.91 Å². The van der Waals surface area contributed by atoms with Crippen LogP contribution in [0.25, 0.3) is 0 Å². The number of aryl methyl sites for hydroxylation is 1. The number of rotatable bonds is 16. The number of carbonyl (C=O) groups is 3. The highest BCUT2D eigenvalue weighted by Gasteiger charge is 2.36. The molecule has 42 heavy (non-hydrogen) atoms. The van der Waals surface area contributed by atoms with E-state index in [0.29, 0.717) is 36.4 Å². The lowest BCUT2D eigenvalue weighted by atomic mass is 10.0. The molecule has 0 spiro atoms. The highest BCUT2D eigenvalue weighted by Crippen LogP contribution is 2.28. The van der Waals surface area contributed by atoms with Crippen LogP contribution < -0.4 is 10.6 Å². The number of para-hydroxylation sites is 1. The second-order valence-electron chi connectivity index (χ2n) is 11.6. The number of alkyl carbamates (subject to hydrolysis) is 1. The number of nitrogens with zero attached hydrogens (tertiary/aromatic N) is 1. The van der Waals surface area contributed by atoms with Gasteiger partial charge in [0.1, 0.15) is 23.4 Å². The summed E-state index contributed by atoms with van der Waals surface area (Å²) in [5, 5.41) is 15.8. The Morgan fingerprint density at radius 2 is 1.62 bits per heavy atom. The third kappa shape index (κ3) is 12.0. The maximum atomic E-state index is 14.3. The molecule has 0 radical (unpaired) electrons. The van der Waals surface area contributed by atoms with Crippen LogP contribution in [-0.4, -0.2) is 58.1 Å². The fraction of sp³-hybridized carbons (Fsp3) is 0.545. The zero-order valence-corrected chi connectivity index (χ0v) is 26.9. The molecule has 3 amide bonds. The van der Waals surface area contributed by atoms with Crippen molar-refractivity contribution in [3.05, 3.63) is 59.7 Å². The molecule has 3 N–H and O–H groups in total. The van der Waals surface area contributed by atoms with Gasteiger partial charge in [-0.25, -0.2) is 4.79 Å². The van der Waals surface area contributed by atoms with Gasteiger partial charge in [-0.3, -0.25) is 9.59 Å². The van der Waals surface area contributed by atoms with E-state index < -0.39 is 23.8 Å². The normalized spacial score (nSPS) is 12.7. The average molecular weight is 600 g/mol. The summed E-state index contributed by atoms with van der Waals surface area (Å²) in [6.45, 7) is 9.73. The molecule has 2 aromatic rings. The van der Waals surface area contributed by atoms with Crippen molar-refractivity contribution in [3.8, 4) is 5.75 Å². The summed E-state index contributed by atoms with van der Waals surface area (Å²) in [6, 6.07) is 12.0. The Morgan fingerprint density at radius 3 is 2.24 bits per heavy atom. The van der Waals surface area contributed by atoms with Gasteiger partial charge in [-0.15, -0.1) is 0 Å². The van der Waals surface area contributed by atoms with Gasteiger partial charge in [0.05, 0.1) is 0 Å². The first-order chi connectivity index (χ1) is 20.0. The number of hydrogen-bond acceptors (Lipinski definition) is 6. The fourth-order valence-electron chi connectivity index (χ4n) is 4.62. The molecule has 9 heteroatoms. The van der Waals surface area contributed by atoms with Gasteiger partial charge in [-0.2, -0.15) is 11.8 Å². The highest BCUT2D eigenvalue weighted by atomic mass is 32.2. The van der Waals surface area contributed by atoms with Gasteiger partial charge < -0.3 is 25.4 Å². The van der Waals surface area contributed by atoms with E-state index in [-0.39, 0.29) is 17.6 Å². The molecule has 0 heterocycles. The van der Waals surface area contributed by atoms with Crippen LogP contribution in [0.2, 0.25) is 0 Å². The number of amides is 3. The summed E-state index contributed by atoms with van der Waals surface area (Å²) in [4.78, 5) is 42.7. The van der Waals surface area contributed by atoms with Gasteiger partial charge in [0.25, 0.3) is 5.91 Å². The molecule has 0 fully saturated rings. The minimum absolute atomic E-state index is 0.0649. The predicted octanol–water partition coefficient (Wildman–Crippen LogP) is 7.22. The summed E-state index contributed by atoms with van der Waals surface area (Å²) >= 11 is 1.57. The first-order valence-electron chi connectivity index (χ1n) is 14.9. The van der Waals surface area contributed by atoms with Gasteiger partial charge in [0.15, 0.2) is 0 Å². The van der Waals surface area contributed by atoms with Gasteiger partial charge in [-0.1, -0.05) is 69.4 Å². The van der Waals surface area contributed by atoms with E-state index >= 15 is 0 Å². The van der Waals surface area contributed by atoms with E-state index in [1.165, 1.54) is 12.1 Å². The first kappa shape index (κ1) is 35.0. The van der Waals surface area contributed by atoms with Crippen molar-refractivity contribution < 1.29 is 24.2 Å². The Hall–Kier alpha value is -3.20. The van der Waals surface area contributed by atoms with Crippen LogP contribution in [0.3, 0.4) is 0 Å². The average Bonchev–Trinajstić information content (AvgIpc) is 2.93. The zero-order valence-electron chi connectivity index (χ0n) is 26.1. The number of hydrogen-bond donors (Lipinski definition) is 3. The Bertz CT molecular complexity index is 1130. The molecule has 0 aliphatic carbocycles. The van der Waals surface area contributed by atoms with E-state index in [2.05, 4.69) is 17.6 Å². The largest absolute Gasteiger partial charge is 0.508 e. The zero-order chi connectivity index (χ0) is 31.1. The number of aromatic hydroxyl groups is 1. The van der Waals surface area contributed by atoms with E-state index in [4.69, 9.17) is 4.74 Å². The molecule has 8 nitrogen and oxygen atoms in total. The molecule has 0 aliphatic heterocycles. The Balaban J connectivity index is 2.49. The van der Waals surface area contributed by atoms with Crippen molar-refractivity contribution in [2.75, 3.05) is 23.9 Å². The monoisotopic (exact) mass is 599 g/mol. The predicted molar refractivity (Wildman–Crippen MR) is 172 cm³/mol. The molecule has 0 bridgehead atoms. The van der Waals surface area contributed by atoms with Crippen molar-refractivity contribution in [2.24, 2.45) is 0 Å². The smallest absolute Gasteiger partial charge is 0.408 e. The molecule has 2 aromatic carbocycles. The van der Waals surface area contributed by atoms with Gasteiger partial charge >= 0.3 is 6.09 Å². The molecule has 0 aliphatic rings. The van der Waals surface area contributed by atoms with Gasteiger partial charge in [-0.05, 0) is 81.9 Å². The second kappa shape index (κ2) is 17.7. The SMILES string of the molecule is CCCCCCCCN(C(=O)C(CCSC)NC(=O)OC(C)(C)C)C(C(=O)Nc1ccccc1C)c1ccc(O)cc1. The van der Waals surface area contributed by atoms with Crippen LogP contribution in [0.1, 0.15) is 89.8 Å². The van der Waals surface area contributed by atoms with E-state index in [1.807, 2.05) is 37.4 Å².